The van der Waals surface area contributed by atoms with E-state index in [1.165, 1.54) is 52.6 Å². The number of hydrogen-bond acceptors (Lipinski definition) is 2. The van der Waals surface area contributed by atoms with Crippen molar-refractivity contribution in [3.63, 3.8) is 0 Å². The van der Waals surface area contributed by atoms with Crippen LogP contribution in [0.1, 0.15) is 45.4 Å². The first-order chi connectivity index (χ1) is 7.00. The van der Waals surface area contributed by atoms with Crippen molar-refractivity contribution in [1.82, 2.24) is 0 Å². The Morgan fingerprint density at radius 2 is 1.13 bits per heavy atom. The van der Waals surface area contributed by atoms with Gasteiger partial charge in [-0.15, -0.1) is 0 Å². The molecule has 0 radical (unpaired) electrons. The SMILES string of the molecule is C1CCCCC1.COC(C)=O.ClC(Cl)Cl. The van der Waals surface area contributed by atoms with Crippen molar-refractivity contribution in [2.75, 3.05) is 7.11 Å². The topological polar surface area (TPSA) is 26.3 Å². The Hall–Kier alpha value is 0.340. The summed E-state index contributed by atoms with van der Waals surface area (Å²) in [7, 11) is 1.35. The summed E-state index contributed by atoms with van der Waals surface area (Å²) in [6, 6.07) is 0. The molecule has 0 unspecified atom stereocenters. The van der Waals surface area contributed by atoms with Crippen LogP contribution in [0.15, 0.2) is 0 Å². The molecule has 5 heteroatoms. The molecule has 0 atom stereocenters. The Balaban J connectivity index is 0. The number of carbonyl (C=O) groups is 1. The van der Waals surface area contributed by atoms with Crippen molar-refractivity contribution in [2.24, 2.45) is 0 Å². The van der Waals surface area contributed by atoms with Crippen LogP contribution in [-0.2, 0) is 9.53 Å². The molecular weight excluding hydrogens is 258 g/mol. The van der Waals surface area contributed by atoms with Gasteiger partial charge >= 0.3 is 5.97 Å². The first-order valence-corrected chi connectivity index (χ1v) is 6.28. The smallest absolute Gasteiger partial charge is 0.302 e. The summed E-state index contributed by atoms with van der Waals surface area (Å²) < 4.78 is 3.36. The fraction of sp³-hybridized carbons (Fsp3) is 0.900. The fourth-order valence-electron chi connectivity index (χ4n) is 1.06. The zero-order valence-electron chi connectivity index (χ0n) is 9.27. The summed E-state index contributed by atoms with van der Waals surface area (Å²) in [6.07, 6.45) is 9.00. The predicted molar refractivity (Wildman–Crippen MR) is 66.7 cm³/mol. The first kappa shape index (κ1) is 17.7. The van der Waals surface area contributed by atoms with Crippen LogP contribution in [0.3, 0.4) is 0 Å². The molecule has 0 amide bonds. The maximum absolute atomic E-state index is 9.59. The van der Waals surface area contributed by atoms with E-state index in [9.17, 15) is 4.79 Å². The lowest BCUT2D eigenvalue weighted by molar-refractivity contribution is -0.137. The van der Waals surface area contributed by atoms with Crippen LogP contribution >= 0.6 is 34.8 Å². The predicted octanol–water partition coefficient (Wildman–Crippen LogP) is 4.51. The molecule has 1 fully saturated rings. The van der Waals surface area contributed by atoms with E-state index in [0.29, 0.717) is 0 Å². The van der Waals surface area contributed by atoms with Crippen LogP contribution in [0.2, 0.25) is 0 Å². The van der Waals surface area contributed by atoms with Crippen molar-refractivity contribution >= 4 is 40.8 Å². The van der Waals surface area contributed by atoms with Crippen LogP contribution in [0.4, 0.5) is 0 Å². The molecule has 0 aromatic carbocycles. The standard InChI is InChI=1S/C6H12.C3H6O2.CHCl3/c1-2-4-6-5-3-1;1-3(4)5-2;2-1(3)4/h1-6H2;1-2H3;1H. The number of hydrogen-bond donors (Lipinski definition) is 0. The average Bonchev–Trinajstić information content (AvgIpc) is 2.20. The van der Waals surface area contributed by atoms with Gasteiger partial charge in [0.2, 0.25) is 0 Å². The molecule has 2 nitrogen and oxygen atoms in total. The minimum atomic E-state index is -0.750. The van der Waals surface area contributed by atoms with Crippen molar-refractivity contribution < 1.29 is 9.53 Å². The van der Waals surface area contributed by atoms with E-state index in [1.807, 2.05) is 0 Å². The molecule has 1 aliphatic carbocycles. The summed E-state index contributed by atoms with van der Waals surface area (Å²) in [4.78, 5) is 9.59. The molecule has 15 heavy (non-hydrogen) atoms. The van der Waals surface area contributed by atoms with E-state index >= 15 is 0 Å². The highest BCUT2D eigenvalue weighted by atomic mass is 35.6. The minimum absolute atomic E-state index is 0.245. The number of esters is 1. The van der Waals surface area contributed by atoms with E-state index < -0.39 is 4.30 Å². The summed E-state index contributed by atoms with van der Waals surface area (Å²) in [5, 5.41) is 0. The number of ether oxygens (including phenoxy) is 1. The fourth-order valence-corrected chi connectivity index (χ4v) is 1.06. The molecule has 0 N–H and O–H groups in total. The third-order valence-electron chi connectivity index (χ3n) is 1.79. The van der Waals surface area contributed by atoms with E-state index in [4.69, 9.17) is 34.8 Å². The summed E-state index contributed by atoms with van der Waals surface area (Å²) in [6.45, 7) is 1.36. The summed E-state index contributed by atoms with van der Waals surface area (Å²) in [5.41, 5.74) is 0. The number of carbonyl (C=O) groups excluding carboxylic acids is 1. The van der Waals surface area contributed by atoms with Gasteiger partial charge < -0.3 is 4.74 Å². The molecule has 0 aliphatic heterocycles. The molecule has 0 saturated heterocycles. The van der Waals surface area contributed by atoms with Crippen LogP contribution < -0.4 is 0 Å². The number of halogens is 3. The first-order valence-electron chi connectivity index (χ1n) is 4.97. The van der Waals surface area contributed by atoms with Crippen molar-refractivity contribution in [3.8, 4) is 0 Å². The van der Waals surface area contributed by atoms with Crippen LogP contribution in [-0.4, -0.2) is 17.4 Å². The highest BCUT2D eigenvalue weighted by Crippen LogP contribution is 2.15. The van der Waals surface area contributed by atoms with Gasteiger partial charge in [-0.05, 0) is 0 Å². The van der Waals surface area contributed by atoms with Crippen LogP contribution in [0.25, 0.3) is 0 Å². The van der Waals surface area contributed by atoms with Crippen LogP contribution in [0.5, 0.6) is 0 Å². The van der Waals surface area contributed by atoms with E-state index in [1.54, 1.807) is 0 Å². The largest absolute Gasteiger partial charge is 0.469 e. The molecular formula is C10H19Cl3O2. The highest BCUT2D eigenvalue weighted by Gasteiger charge is 1.95. The van der Waals surface area contributed by atoms with E-state index in [2.05, 4.69) is 4.74 Å². The van der Waals surface area contributed by atoms with Gasteiger partial charge in [0.15, 0.2) is 4.30 Å². The van der Waals surface area contributed by atoms with E-state index in [0.717, 1.165) is 0 Å². The lowest BCUT2D eigenvalue weighted by atomic mass is 10.0. The lowest BCUT2D eigenvalue weighted by Gasteiger charge is -2.05. The second kappa shape index (κ2) is 14.3. The monoisotopic (exact) mass is 276 g/mol. The molecule has 0 heterocycles. The Kier molecular flexibility index (Phi) is 16.9. The van der Waals surface area contributed by atoms with Gasteiger partial charge in [0.25, 0.3) is 0 Å². The zero-order valence-corrected chi connectivity index (χ0v) is 11.5. The van der Waals surface area contributed by atoms with Gasteiger partial charge in [-0.3, -0.25) is 4.79 Å². The maximum Gasteiger partial charge on any atom is 0.302 e. The Bertz CT molecular complexity index is 122. The van der Waals surface area contributed by atoms with E-state index in [-0.39, 0.29) is 5.97 Å². The third-order valence-corrected chi connectivity index (χ3v) is 1.79. The molecule has 1 saturated carbocycles. The summed E-state index contributed by atoms with van der Waals surface area (Å²) >= 11 is 14.4. The third kappa shape index (κ3) is 31.4. The molecule has 1 rings (SSSR count). The highest BCUT2D eigenvalue weighted by molar-refractivity contribution is 6.63. The van der Waals surface area contributed by atoms with Gasteiger partial charge in [0.05, 0.1) is 7.11 Å². The Morgan fingerprint density at radius 3 is 1.20 bits per heavy atom. The van der Waals surface area contributed by atoms with Gasteiger partial charge in [-0.1, -0.05) is 73.3 Å². The molecule has 0 aromatic rings. The lowest BCUT2D eigenvalue weighted by Crippen LogP contribution is -1.88. The Morgan fingerprint density at radius 1 is 1.00 bits per heavy atom. The van der Waals surface area contributed by atoms with Gasteiger partial charge in [0.1, 0.15) is 0 Å². The molecule has 1 aliphatic rings. The second-order valence-corrected chi connectivity index (χ2v) is 5.04. The molecule has 0 spiro atoms. The quantitative estimate of drug-likeness (QED) is 0.481. The maximum atomic E-state index is 9.59. The zero-order chi connectivity index (χ0) is 12.1. The van der Waals surface area contributed by atoms with Crippen molar-refractivity contribution in [3.05, 3.63) is 0 Å². The summed E-state index contributed by atoms with van der Waals surface area (Å²) in [5.74, 6) is -0.245. The van der Waals surface area contributed by atoms with Crippen LogP contribution in [0, 0.1) is 0 Å². The number of methoxy groups -OCH3 is 1. The van der Waals surface area contributed by atoms with Crippen molar-refractivity contribution in [2.45, 2.75) is 49.7 Å². The molecule has 92 valence electrons. The average molecular weight is 278 g/mol. The Labute approximate surface area is 107 Å². The van der Waals surface area contributed by atoms with Gasteiger partial charge in [0, 0.05) is 6.92 Å². The van der Waals surface area contributed by atoms with Gasteiger partial charge in [-0.25, -0.2) is 0 Å². The normalized spacial score (nSPS) is 14.3. The van der Waals surface area contributed by atoms with Crippen molar-refractivity contribution in [1.29, 1.82) is 0 Å². The minimum Gasteiger partial charge on any atom is -0.469 e. The number of alkyl halides is 3. The molecule has 0 bridgehead atoms. The second-order valence-electron chi connectivity index (χ2n) is 3.06. The number of rotatable bonds is 0. The molecule has 0 aromatic heterocycles. The van der Waals surface area contributed by atoms with Gasteiger partial charge in [-0.2, -0.15) is 0 Å².